The molecule has 0 radical (unpaired) electrons. The molecule has 2 aromatic carbocycles. The minimum absolute atomic E-state index is 0.0990. The summed E-state index contributed by atoms with van der Waals surface area (Å²) in [6.07, 6.45) is 4.16. The van der Waals surface area contributed by atoms with Gasteiger partial charge in [0, 0.05) is 32.1 Å². The van der Waals surface area contributed by atoms with Gasteiger partial charge >= 0.3 is 0 Å². The zero-order valence-electron chi connectivity index (χ0n) is 18.9. The van der Waals surface area contributed by atoms with Gasteiger partial charge in [-0.25, -0.2) is 8.42 Å². The molecule has 1 unspecified atom stereocenters. The maximum absolute atomic E-state index is 13.3. The topological polar surface area (TPSA) is 76.2 Å². The minimum Gasteiger partial charge on any atom is -0.486 e. The fourth-order valence-electron chi connectivity index (χ4n) is 5.25. The summed E-state index contributed by atoms with van der Waals surface area (Å²) in [4.78, 5) is 15.4. The number of carbonyl (C=O) groups excluding carboxylic acids is 1. The van der Waals surface area contributed by atoms with Gasteiger partial charge in [0.25, 0.3) is 0 Å². The van der Waals surface area contributed by atoms with Crippen molar-refractivity contribution in [3.8, 4) is 11.5 Å². The lowest BCUT2D eigenvalue weighted by atomic mass is 9.86. The van der Waals surface area contributed by atoms with E-state index in [1.807, 2.05) is 18.0 Å². The van der Waals surface area contributed by atoms with E-state index in [1.54, 1.807) is 12.1 Å². The van der Waals surface area contributed by atoms with Crippen LogP contribution in [0.5, 0.6) is 11.5 Å². The number of piperidine rings is 1. The number of nitrogens with zero attached hydrogens (tertiary/aromatic N) is 2. The summed E-state index contributed by atoms with van der Waals surface area (Å²) in [5.74, 6) is 0.988. The van der Waals surface area contributed by atoms with E-state index in [2.05, 4.69) is 18.2 Å². The molecule has 1 fully saturated rings. The molecule has 1 aliphatic carbocycles. The predicted molar refractivity (Wildman–Crippen MR) is 124 cm³/mol. The van der Waals surface area contributed by atoms with E-state index in [0.717, 1.165) is 19.3 Å². The highest BCUT2D eigenvalue weighted by Crippen LogP contribution is 2.36. The molecule has 0 spiro atoms. The molecule has 1 saturated heterocycles. The van der Waals surface area contributed by atoms with Crippen molar-refractivity contribution in [2.75, 3.05) is 33.4 Å². The van der Waals surface area contributed by atoms with Gasteiger partial charge in [-0.2, -0.15) is 4.31 Å². The van der Waals surface area contributed by atoms with Crippen LogP contribution in [0.1, 0.15) is 42.9 Å². The summed E-state index contributed by atoms with van der Waals surface area (Å²) in [5.41, 5.74) is 2.58. The Hall–Kier alpha value is -2.58. The highest BCUT2D eigenvalue weighted by atomic mass is 32.2. The Bertz CT molecular complexity index is 1140. The number of hydrogen-bond acceptors (Lipinski definition) is 5. The predicted octanol–water partition coefficient (Wildman–Crippen LogP) is 3.39. The van der Waals surface area contributed by atoms with Crippen LogP contribution < -0.4 is 9.47 Å². The van der Waals surface area contributed by atoms with Crippen LogP contribution in [0.15, 0.2) is 47.4 Å². The van der Waals surface area contributed by atoms with E-state index in [9.17, 15) is 13.2 Å². The molecule has 0 aromatic heterocycles. The van der Waals surface area contributed by atoms with E-state index in [-0.39, 0.29) is 22.8 Å². The fraction of sp³-hybridized carbons (Fsp3) is 0.480. The van der Waals surface area contributed by atoms with Gasteiger partial charge in [0.1, 0.15) is 13.2 Å². The zero-order chi connectivity index (χ0) is 23.0. The number of hydrogen-bond donors (Lipinski definition) is 0. The maximum atomic E-state index is 13.3. The van der Waals surface area contributed by atoms with Crippen LogP contribution in [0, 0.1) is 5.92 Å². The lowest BCUT2D eigenvalue weighted by Crippen LogP contribution is -2.44. The first-order valence-electron chi connectivity index (χ1n) is 11.7. The summed E-state index contributed by atoms with van der Waals surface area (Å²) in [6, 6.07) is 13.2. The lowest BCUT2D eigenvalue weighted by Gasteiger charge is -2.37. The van der Waals surface area contributed by atoms with Crippen molar-refractivity contribution in [3.63, 3.8) is 0 Å². The number of benzene rings is 2. The second-order valence-electron chi connectivity index (χ2n) is 9.04. The van der Waals surface area contributed by atoms with Crippen molar-refractivity contribution >= 4 is 15.9 Å². The highest BCUT2D eigenvalue weighted by Gasteiger charge is 2.36. The van der Waals surface area contributed by atoms with E-state index in [0.29, 0.717) is 50.6 Å². The average Bonchev–Trinajstić information content (AvgIpc) is 2.87. The quantitative estimate of drug-likeness (QED) is 0.685. The Labute approximate surface area is 195 Å². The maximum Gasteiger partial charge on any atom is 0.243 e. The van der Waals surface area contributed by atoms with Crippen molar-refractivity contribution < 1.29 is 22.7 Å². The molecule has 1 amide bonds. The van der Waals surface area contributed by atoms with Crippen molar-refractivity contribution in [3.05, 3.63) is 53.6 Å². The van der Waals surface area contributed by atoms with E-state index >= 15 is 0 Å². The van der Waals surface area contributed by atoms with Crippen molar-refractivity contribution in [1.82, 2.24) is 9.21 Å². The first kappa shape index (κ1) is 22.2. The number of amides is 1. The normalized spacial score (nSPS) is 21.3. The molecule has 2 heterocycles. The molecule has 2 aromatic rings. The smallest absolute Gasteiger partial charge is 0.243 e. The Balaban J connectivity index is 1.25. The molecule has 0 bridgehead atoms. The second kappa shape index (κ2) is 8.99. The van der Waals surface area contributed by atoms with Gasteiger partial charge in [-0.05, 0) is 55.4 Å². The standard InChI is InChI=1S/C25H30N2O5S/c1-26(22-8-4-6-18-5-2-3-7-21(18)22)25(28)19-11-13-27(14-12-19)33(29,30)20-9-10-23-24(17-20)32-16-15-31-23/h2-3,5,7,9-10,17,19,22H,4,6,8,11-16H2,1H3. The largest absolute Gasteiger partial charge is 0.486 e. The SMILES string of the molecule is CN(C(=O)C1CCN(S(=O)(=O)c2ccc3c(c2)OCCO3)CC1)C1CCCc2ccccc21. The van der Waals surface area contributed by atoms with Crippen LogP contribution in [-0.4, -0.2) is 56.9 Å². The number of fused-ring (bicyclic) bond motifs is 2. The third-order valence-corrected chi connectivity index (χ3v) is 9.00. The van der Waals surface area contributed by atoms with Gasteiger partial charge in [-0.3, -0.25) is 4.79 Å². The Morgan fingerprint density at radius 3 is 2.52 bits per heavy atom. The molecular formula is C25H30N2O5S. The number of ether oxygens (including phenoxy) is 2. The monoisotopic (exact) mass is 470 g/mol. The zero-order valence-corrected chi connectivity index (χ0v) is 19.7. The molecule has 8 heteroatoms. The molecule has 0 saturated carbocycles. The number of aryl methyl sites for hydroxylation is 1. The summed E-state index contributed by atoms with van der Waals surface area (Å²) in [6.45, 7) is 1.54. The molecule has 33 heavy (non-hydrogen) atoms. The number of rotatable bonds is 4. The van der Waals surface area contributed by atoms with Crippen LogP contribution in [0.2, 0.25) is 0 Å². The molecule has 5 rings (SSSR count). The van der Waals surface area contributed by atoms with Gasteiger partial charge in [0.05, 0.1) is 10.9 Å². The van der Waals surface area contributed by atoms with E-state index in [4.69, 9.17) is 9.47 Å². The summed E-state index contributed by atoms with van der Waals surface area (Å²) >= 11 is 0. The molecule has 2 aliphatic heterocycles. The Morgan fingerprint density at radius 2 is 1.73 bits per heavy atom. The molecule has 1 atom stereocenters. The van der Waals surface area contributed by atoms with Gasteiger partial charge < -0.3 is 14.4 Å². The fourth-order valence-corrected chi connectivity index (χ4v) is 6.73. The third-order valence-electron chi connectivity index (χ3n) is 7.11. The summed E-state index contributed by atoms with van der Waals surface area (Å²) < 4.78 is 38.9. The van der Waals surface area contributed by atoms with E-state index < -0.39 is 10.0 Å². The lowest BCUT2D eigenvalue weighted by molar-refractivity contribution is -0.138. The Kier molecular flexibility index (Phi) is 6.05. The molecule has 176 valence electrons. The molecule has 7 nitrogen and oxygen atoms in total. The molecule has 3 aliphatic rings. The van der Waals surface area contributed by atoms with Gasteiger partial charge in [-0.15, -0.1) is 0 Å². The van der Waals surface area contributed by atoms with Gasteiger partial charge in [-0.1, -0.05) is 24.3 Å². The van der Waals surface area contributed by atoms with Crippen molar-refractivity contribution in [2.45, 2.75) is 43.0 Å². The summed E-state index contributed by atoms with van der Waals surface area (Å²) in [7, 11) is -1.76. The van der Waals surface area contributed by atoms with Crippen LogP contribution >= 0.6 is 0 Å². The highest BCUT2D eigenvalue weighted by molar-refractivity contribution is 7.89. The van der Waals surface area contributed by atoms with E-state index in [1.165, 1.54) is 21.5 Å². The van der Waals surface area contributed by atoms with Gasteiger partial charge in [0.2, 0.25) is 15.9 Å². The van der Waals surface area contributed by atoms with Crippen LogP contribution in [0.25, 0.3) is 0 Å². The minimum atomic E-state index is -3.65. The first-order valence-corrected chi connectivity index (χ1v) is 13.1. The first-order chi connectivity index (χ1) is 15.9. The average molecular weight is 471 g/mol. The van der Waals surface area contributed by atoms with Gasteiger partial charge in [0.15, 0.2) is 11.5 Å². The number of sulfonamides is 1. The van der Waals surface area contributed by atoms with Crippen molar-refractivity contribution in [1.29, 1.82) is 0 Å². The summed E-state index contributed by atoms with van der Waals surface area (Å²) in [5, 5.41) is 0. The second-order valence-corrected chi connectivity index (χ2v) is 11.0. The Morgan fingerprint density at radius 1 is 1.00 bits per heavy atom. The molecular weight excluding hydrogens is 440 g/mol. The third kappa shape index (κ3) is 4.22. The van der Waals surface area contributed by atoms with Crippen LogP contribution in [0.3, 0.4) is 0 Å². The molecule has 0 N–H and O–H groups in total. The van der Waals surface area contributed by atoms with Crippen LogP contribution in [0.4, 0.5) is 0 Å². The number of carbonyl (C=O) groups is 1. The van der Waals surface area contributed by atoms with Crippen molar-refractivity contribution in [2.24, 2.45) is 5.92 Å². The van der Waals surface area contributed by atoms with Crippen LogP contribution in [-0.2, 0) is 21.2 Å².